The van der Waals surface area contributed by atoms with E-state index in [0.29, 0.717) is 18.8 Å². The summed E-state index contributed by atoms with van der Waals surface area (Å²) in [6.45, 7) is 21.3. The number of hydrogen-bond donors (Lipinski definition) is 0. The summed E-state index contributed by atoms with van der Waals surface area (Å²) in [5.41, 5.74) is 7.77. The molecule has 0 saturated heterocycles. The van der Waals surface area contributed by atoms with Crippen molar-refractivity contribution >= 4 is 11.6 Å². The molecule has 0 aromatic heterocycles. The smallest absolute Gasteiger partial charge is 0.158 e. The number of rotatable bonds is 11. The van der Waals surface area contributed by atoms with Crippen LogP contribution in [-0.4, -0.2) is 11.6 Å². The van der Waals surface area contributed by atoms with Gasteiger partial charge in [0.05, 0.1) is 0 Å². The Hall–Kier alpha value is -3.26. The molecule has 0 heterocycles. The third-order valence-electron chi connectivity index (χ3n) is 8.60. The van der Waals surface area contributed by atoms with E-state index in [1.54, 1.807) is 0 Å². The molecule has 0 amide bonds. The lowest BCUT2D eigenvalue weighted by atomic mass is 9.72. The maximum atomic E-state index is 12.2. The third-order valence-corrected chi connectivity index (χ3v) is 8.60. The second-order valence-corrected chi connectivity index (χ2v) is 13.5. The molecule has 0 bridgehead atoms. The normalized spacial score (nSPS) is 21.9. The van der Waals surface area contributed by atoms with E-state index in [4.69, 9.17) is 0 Å². The van der Waals surface area contributed by atoms with E-state index in [9.17, 15) is 9.59 Å². The van der Waals surface area contributed by atoms with Gasteiger partial charge in [-0.1, -0.05) is 130 Å². The average molecular weight is 567 g/mol. The van der Waals surface area contributed by atoms with Crippen molar-refractivity contribution in [3.05, 3.63) is 118 Å². The summed E-state index contributed by atoms with van der Waals surface area (Å²) in [6, 6.07) is 0. The molecule has 2 heteroatoms. The largest absolute Gasteiger partial charge is 0.295 e. The Morgan fingerprint density at radius 3 is 1.62 bits per heavy atom. The summed E-state index contributed by atoms with van der Waals surface area (Å²) in [6.07, 6.45) is 31.9. The SMILES string of the molecule is CC1=C(/C=C/C(C)=C/C=C/C(C)=C/C=C/CC(C)/C=C/C=C(C)/C=C/C2=C(C)C(=O)CCC2(C)C)C(C)(C)CCC1=O. The van der Waals surface area contributed by atoms with Crippen LogP contribution in [0.5, 0.6) is 0 Å². The van der Waals surface area contributed by atoms with Gasteiger partial charge in [0.2, 0.25) is 0 Å². The van der Waals surface area contributed by atoms with Gasteiger partial charge in [0.25, 0.3) is 0 Å². The number of carbonyl (C=O) groups is 2. The maximum absolute atomic E-state index is 12.2. The molecule has 2 aliphatic carbocycles. The van der Waals surface area contributed by atoms with Crippen LogP contribution in [0.1, 0.15) is 101 Å². The Morgan fingerprint density at radius 2 is 1.12 bits per heavy atom. The molecular formula is C40H54O2. The van der Waals surface area contributed by atoms with E-state index in [0.717, 1.165) is 41.6 Å². The van der Waals surface area contributed by atoms with Gasteiger partial charge in [-0.25, -0.2) is 0 Å². The van der Waals surface area contributed by atoms with Gasteiger partial charge >= 0.3 is 0 Å². The van der Waals surface area contributed by atoms with Crippen molar-refractivity contribution in [2.24, 2.45) is 16.7 Å². The molecule has 0 N–H and O–H groups in total. The van der Waals surface area contributed by atoms with Gasteiger partial charge in [-0.2, -0.15) is 0 Å². The third kappa shape index (κ3) is 10.9. The Morgan fingerprint density at radius 1 is 0.690 bits per heavy atom. The number of hydrogen-bond acceptors (Lipinski definition) is 2. The van der Waals surface area contributed by atoms with Gasteiger partial charge in [-0.15, -0.1) is 0 Å². The van der Waals surface area contributed by atoms with E-state index < -0.39 is 0 Å². The van der Waals surface area contributed by atoms with Crippen LogP contribution < -0.4 is 0 Å². The van der Waals surface area contributed by atoms with Gasteiger partial charge in [0, 0.05) is 12.8 Å². The Kier molecular flexibility index (Phi) is 13.2. The van der Waals surface area contributed by atoms with Crippen molar-refractivity contribution in [1.82, 2.24) is 0 Å². The Labute approximate surface area is 256 Å². The summed E-state index contributed by atoms with van der Waals surface area (Å²) in [7, 11) is 0. The lowest BCUT2D eigenvalue weighted by Crippen LogP contribution is -2.24. The fourth-order valence-electron chi connectivity index (χ4n) is 5.45. The minimum atomic E-state index is 0.0451. The van der Waals surface area contributed by atoms with Crippen LogP contribution in [0.4, 0.5) is 0 Å². The molecule has 1 atom stereocenters. The highest BCUT2D eigenvalue weighted by Crippen LogP contribution is 2.40. The molecule has 0 spiro atoms. The van der Waals surface area contributed by atoms with E-state index >= 15 is 0 Å². The molecule has 0 aromatic carbocycles. The van der Waals surface area contributed by atoms with Gasteiger partial charge in [-0.3, -0.25) is 9.59 Å². The minimum absolute atomic E-state index is 0.0451. The standard InChI is InChI=1S/C40H54O2/c1-29(17-13-19-31(3)21-23-35-33(5)37(41)25-27-39(35,7)8)15-11-12-16-30(2)18-14-20-32(4)22-24-36-34(6)38(42)26-28-40(36,9)10/h11-15,17-24,30H,16,25-28H2,1-10H3/b12-11+,17-13+,18-14+,23-21+,24-22+,29-15+,31-19+,32-20+. The van der Waals surface area contributed by atoms with Crippen LogP contribution in [0.15, 0.2) is 118 Å². The highest BCUT2D eigenvalue weighted by molar-refractivity contribution is 5.97. The molecule has 1 unspecified atom stereocenters. The molecule has 0 radical (unpaired) electrons. The quantitative estimate of drug-likeness (QED) is 0.233. The number of Topliss-reactive ketones (excluding diaryl/α,β-unsaturated/α-hetero) is 2. The van der Waals surface area contributed by atoms with Crippen molar-refractivity contribution < 1.29 is 9.59 Å². The first-order valence-corrected chi connectivity index (χ1v) is 15.5. The fraction of sp³-hybridized carbons (Fsp3) is 0.450. The zero-order valence-corrected chi connectivity index (χ0v) is 27.9. The van der Waals surface area contributed by atoms with Crippen molar-refractivity contribution in [3.8, 4) is 0 Å². The van der Waals surface area contributed by atoms with Crippen LogP contribution in [0, 0.1) is 16.7 Å². The van der Waals surface area contributed by atoms with Crippen molar-refractivity contribution in [2.45, 2.75) is 101 Å². The van der Waals surface area contributed by atoms with Crippen LogP contribution >= 0.6 is 0 Å². The summed E-state index contributed by atoms with van der Waals surface area (Å²) >= 11 is 0. The van der Waals surface area contributed by atoms with E-state index in [2.05, 4.69) is 134 Å². The number of allylic oxidation sites excluding steroid dienone is 20. The van der Waals surface area contributed by atoms with Gasteiger partial charge in [-0.05, 0) is 92.9 Å². The molecule has 226 valence electrons. The lowest BCUT2D eigenvalue weighted by molar-refractivity contribution is -0.117. The summed E-state index contributed by atoms with van der Waals surface area (Å²) in [5, 5.41) is 0. The Bertz CT molecular complexity index is 1320. The molecule has 2 aliphatic rings. The van der Waals surface area contributed by atoms with Gasteiger partial charge in [0.15, 0.2) is 11.6 Å². The molecule has 0 saturated carbocycles. The molecule has 0 aliphatic heterocycles. The van der Waals surface area contributed by atoms with Gasteiger partial charge < -0.3 is 0 Å². The van der Waals surface area contributed by atoms with Crippen LogP contribution in [0.2, 0.25) is 0 Å². The van der Waals surface area contributed by atoms with Crippen molar-refractivity contribution in [1.29, 1.82) is 0 Å². The zero-order chi connectivity index (χ0) is 31.5. The monoisotopic (exact) mass is 566 g/mol. The minimum Gasteiger partial charge on any atom is -0.295 e. The zero-order valence-electron chi connectivity index (χ0n) is 27.9. The van der Waals surface area contributed by atoms with Crippen molar-refractivity contribution in [2.75, 3.05) is 0 Å². The number of carbonyl (C=O) groups excluding carboxylic acids is 2. The second-order valence-electron chi connectivity index (χ2n) is 13.5. The maximum Gasteiger partial charge on any atom is 0.158 e. The molecule has 2 nitrogen and oxygen atoms in total. The van der Waals surface area contributed by atoms with E-state index in [1.165, 1.54) is 16.7 Å². The first-order chi connectivity index (χ1) is 19.6. The second kappa shape index (κ2) is 15.8. The molecular weight excluding hydrogens is 512 g/mol. The van der Waals surface area contributed by atoms with E-state index in [-0.39, 0.29) is 22.4 Å². The fourth-order valence-corrected chi connectivity index (χ4v) is 5.45. The van der Waals surface area contributed by atoms with Crippen molar-refractivity contribution in [3.63, 3.8) is 0 Å². The first kappa shape index (κ1) is 34.9. The average Bonchev–Trinajstić information content (AvgIpc) is 2.91. The molecule has 42 heavy (non-hydrogen) atoms. The van der Waals surface area contributed by atoms with Crippen LogP contribution in [0.25, 0.3) is 0 Å². The summed E-state index contributed by atoms with van der Waals surface area (Å²) < 4.78 is 0. The first-order valence-electron chi connectivity index (χ1n) is 15.5. The van der Waals surface area contributed by atoms with Crippen LogP contribution in [0.3, 0.4) is 0 Å². The lowest BCUT2D eigenvalue weighted by Gasteiger charge is -2.32. The highest BCUT2D eigenvalue weighted by atomic mass is 16.1. The van der Waals surface area contributed by atoms with Gasteiger partial charge in [0.1, 0.15) is 0 Å². The molecule has 0 aromatic rings. The summed E-state index contributed by atoms with van der Waals surface area (Å²) in [4.78, 5) is 24.3. The summed E-state index contributed by atoms with van der Waals surface area (Å²) in [5.74, 6) is 0.997. The highest BCUT2D eigenvalue weighted by Gasteiger charge is 2.31. The Balaban J connectivity index is 1.87. The topological polar surface area (TPSA) is 34.1 Å². The van der Waals surface area contributed by atoms with Crippen LogP contribution in [-0.2, 0) is 9.59 Å². The van der Waals surface area contributed by atoms with E-state index in [1.807, 2.05) is 13.8 Å². The molecule has 2 rings (SSSR count). The predicted molar refractivity (Wildman–Crippen MR) is 182 cm³/mol. The molecule has 0 fully saturated rings. The number of ketones is 2. The predicted octanol–water partition coefficient (Wildman–Crippen LogP) is 11.0.